The summed E-state index contributed by atoms with van der Waals surface area (Å²) in [5, 5.41) is 11.9. The van der Waals surface area contributed by atoms with E-state index in [2.05, 4.69) is 5.32 Å². The van der Waals surface area contributed by atoms with Crippen molar-refractivity contribution in [1.29, 1.82) is 0 Å². The Morgan fingerprint density at radius 2 is 1.94 bits per heavy atom. The van der Waals surface area contributed by atoms with Crippen molar-refractivity contribution in [3.05, 3.63) is 29.8 Å². The molecule has 2 N–H and O–H groups in total. The lowest BCUT2D eigenvalue weighted by Gasteiger charge is -2.11. The first-order valence-electron chi connectivity index (χ1n) is 5.26. The Balaban J connectivity index is 0.00000225. The summed E-state index contributed by atoms with van der Waals surface area (Å²) >= 11 is 0. The molecule has 0 bridgehead atoms. The first-order valence-corrected chi connectivity index (χ1v) is 5.26. The second kappa shape index (κ2) is 8.39. The predicted octanol–water partition coefficient (Wildman–Crippen LogP) is 1.77. The van der Waals surface area contributed by atoms with E-state index in [0.717, 1.165) is 12.3 Å². The molecule has 0 aliphatic heterocycles. The van der Waals surface area contributed by atoms with Crippen LogP contribution in [-0.2, 0) is 0 Å². The summed E-state index contributed by atoms with van der Waals surface area (Å²) in [5.74, 6) is 0.888. The van der Waals surface area contributed by atoms with Crippen LogP contribution in [0.5, 0.6) is 5.75 Å². The van der Waals surface area contributed by atoms with E-state index in [0.29, 0.717) is 6.61 Å². The highest BCUT2D eigenvalue weighted by Crippen LogP contribution is 2.10. The molecular weight excluding hydrogens is 226 g/mol. The summed E-state index contributed by atoms with van der Waals surface area (Å²) in [7, 11) is 0. The molecule has 0 fully saturated rings. The van der Waals surface area contributed by atoms with Crippen LogP contribution < -0.4 is 10.1 Å². The van der Waals surface area contributed by atoms with Gasteiger partial charge in [-0.15, -0.1) is 12.4 Å². The molecule has 16 heavy (non-hydrogen) atoms. The maximum absolute atomic E-state index is 8.78. The molecule has 1 aromatic rings. The molecule has 0 radical (unpaired) electrons. The number of rotatable bonds is 6. The van der Waals surface area contributed by atoms with Crippen LogP contribution in [-0.4, -0.2) is 30.9 Å². The Morgan fingerprint density at radius 1 is 1.31 bits per heavy atom. The number of halogens is 1. The summed E-state index contributed by atoms with van der Waals surface area (Å²) < 4.78 is 5.51. The highest BCUT2D eigenvalue weighted by atomic mass is 35.5. The fourth-order valence-electron chi connectivity index (χ4n) is 1.17. The van der Waals surface area contributed by atoms with Gasteiger partial charge in [0.25, 0.3) is 0 Å². The van der Waals surface area contributed by atoms with Gasteiger partial charge in [0.1, 0.15) is 12.4 Å². The summed E-state index contributed by atoms with van der Waals surface area (Å²) in [6.07, 6.45) is 0. The highest BCUT2D eigenvalue weighted by Gasteiger charge is 1.97. The van der Waals surface area contributed by atoms with Gasteiger partial charge >= 0.3 is 0 Å². The van der Waals surface area contributed by atoms with Gasteiger partial charge in [-0.3, -0.25) is 0 Å². The Kier molecular flexibility index (Phi) is 7.99. The van der Waals surface area contributed by atoms with E-state index in [1.165, 1.54) is 5.56 Å². The standard InChI is InChI=1S/C12H19NO2.ClH/c1-10-3-5-12(6-4-10)15-8-7-13-11(2)9-14;/h3-6,11,13-14H,7-9H2,1-2H3;1H. The second-order valence-corrected chi connectivity index (χ2v) is 3.70. The topological polar surface area (TPSA) is 41.5 Å². The molecule has 0 aliphatic rings. The van der Waals surface area contributed by atoms with Gasteiger partial charge in [0.2, 0.25) is 0 Å². The zero-order valence-corrected chi connectivity index (χ0v) is 10.6. The van der Waals surface area contributed by atoms with Crippen molar-refractivity contribution < 1.29 is 9.84 Å². The molecule has 0 amide bonds. The molecule has 0 saturated carbocycles. The third kappa shape index (κ3) is 5.95. The number of ether oxygens (including phenoxy) is 1. The van der Waals surface area contributed by atoms with Crippen LogP contribution in [0.3, 0.4) is 0 Å². The summed E-state index contributed by atoms with van der Waals surface area (Å²) in [6, 6.07) is 8.11. The minimum absolute atomic E-state index is 0. The van der Waals surface area contributed by atoms with Gasteiger partial charge in [-0.2, -0.15) is 0 Å². The Labute approximate surface area is 103 Å². The molecule has 0 aliphatic carbocycles. The van der Waals surface area contributed by atoms with Gasteiger partial charge in [0.15, 0.2) is 0 Å². The number of benzene rings is 1. The fourth-order valence-corrected chi connectivity index (χ4v) is 1.17. The lowest BCUT2D eigenvalue weighted by atomic mass is 10.2. The molecule has 0 aromatic heterocycles. The van der Waals surface area contributed by atoms with Gasteiger partial charge in [-0.25, -0.2) is 0 Å². The van der Waals surface area contributed by atoms with Gasteiger partial charge < -0.3 is 15.2 Å². The number of aliphatic hydroxyl groups excluding tert-OH is 1. The van der Waals surface area contributed by atoms with Gasteiger partial charge in [-0.1, -0.05) is 17.7 Å². The second-order valence-electron chi connectivity index (χ2n) is 3.70. The number of hydrogen-bond acceptors (Lipinski definition) is 3. The molecule has 0 spiro atoms. The van der Waals surface area contributed by atoms with Crippen molar-refractivity contribution in [3.63, 3.8) is 0 Å². The SMILES string of the molecule is Cc1ccc(OCCNC(C)CO)cc1.Cl. The van der Waals surface area contributed by atoms with E-state index in [1.807, 2.05) is 38.1 Å². The van der Waals surface area contributed by atoms with Crippen LogP contribution in [0.4, 0.5) is 0 Å². The summed E-state index contributed by atoms with van der Waals surface area (Å²) in [5.41, 5.74) is 1.23. The number of aryl methyl sites for hydroxylation is 1. The third-order valence-corrected chi connectivity index (χ3v) is 2.16. The highest BCUT2D eigenvalue weighted by molar-refractivity contribution is 5.85. The van der Waals surface area contributed by atoms with Crippen molar-refractivity contribution in [2.24, 2.45) is 0 Å². The van der Waals surface area contributed by atoms with Crippen LogP contribution in [0.1, 0.15) is 12.5 Å². The lowest BCUT2D eigenvalue weighted by Crippen LogP contribution is -2.32. The van der Waals surface area contributed by atoms with Crippen molar-refractivity contribution in [1.82, 2.24) is 5.32 Å². The van der Waals surface area contributed by atoms with Gasteiger partial charge in [0.05, 0.1) is 6.61 Å². The molecule has 92 valence electrons. The lowest BCUT2D eigenvalue weighted by molar-refractivity contribution is 0.239. The Bertz CT molecular complexity index is 277. The van der Waals surface area contributed by atoms with E-state index >= 15 is 0 Å². The van der Waals surface area contributed by atoms with E-state index in [4.69, 9.17) is 9.84 Å². The van der Waals surface area contributed by atoms with Crippen LogP contribution in [0.15, 0.2) is 24.3 Å². The maximum atomic E-state index is 8.78. The van der Waals surface area contributed by atoms with Crippen LogP contribution in [0.2, 0.25) is 0 Å². The average molecular weight is 246 g/mol. The van der Waals surface area contributed by atoms with Gasteiger partial charge in [0, 0.05) is 12.6 Å². The van der Waals surface area contributed by atoms with Crippen molar-refractivity contribution in [2.45, 2.75) is 19.9 Å². The van der Waals surface area contributed by atoms with Crippen LogP contribution >= 0.6 is 12.4 Å². The molecule has 0 heterocycles. The average Bonchev–Trinajstić information content (AvgIpc) is 2.26. The third-order valence-electron chi connectivity index (χ3n) is 2.16. The maximum Gasteiger partial charge on any atom is 0.119 e. The Morgan fingerprint density at radius 3 is 2.50 bits per heavy atom. The van der Waals surface area contributed by atoms with E-state index in [1.54, 1.807) is 0 Å². The normalized spacial score (nSPS) is 11.7. The first-order chi connectivity index (χ1) is 7.22. The van der Waals surface area contributed by atoms with Crippen molar-refractivity contribution in [2.75, 3.05) is 19.8 Å². The van der Waals surface area contributed by atoms with E-state index < -0.39 is 0 Å². The van der Waals surface area contributed by atoms with Crippen molar-refractivity contribution >= 4 is 12.4 Å². The quantitative estimate of drug-likeness (QED) is 0.751. The molecule has 4 heteroatoms. The Hall–Kier alpha value is -0.770. The predicted molar refractivity (Wildman–Crippen MR) is 68.5 cm³/mol. The van der Waals surface area contributed by atoms with Gasteiger partial charge in [-0.05, 0) is 26.0 Å². The molecule has 1 unspecified atom stereocenters. The summed E-state index contributed by atoms with van der Waals surface area (Å²) in [6.45, 7) is 5.51. The molecule has 1 atom stereocenters. The van der Waals surface area contributed by atoms with Crippen LogP contribution in [0, 0.1) is 6.92 Å². The monoisotopic (exact) mass is 245 g/mol. The van der Waals surface area contributed by atoms with E-state index in [9.17, 15) is 0 Å². The first kappa shape index (κ1) is 15.2. The molecule has 0 saturated heterocycles. The molecular formula is C12H20ClNO2. The molecule has 1 aromatic carbocycles. The largest absolute Gasteiger partial charge is 0.492 e. The zero-order chi connectivity index (χ0) is 11.1. The zero-order valence-electron chi connectivity index (χ0n) is 9.77. The smallest absolute Gasteiger partial charge is 0.119 e. The van der Waals surface area contributed by atoms with E-state index in [-0.39, 0.29) is 25.1 Å². The molecule has 1 rings (SSSR count). The van der Waals surface area contributed by atoms with Crippen molar-refractivity contribution in [3.8, 4) is 5.75 Å². The summed E-state index contributed by atoms with van der Waals surface area (Å²) in [4.78, 5) is 0. The number of hydrogen-bond donors (Lipinski definition) is 2. The number of aliphatic hydroxyl groups is 1. The minimum atomic E-state index is 0. The minimum Gasteiger partial charge on any atom is -0.492 e. The fraction of sp³-hybridized carbons (Fsp3) is 0.500. The van der Waals surface area contributed by atoms with Crippen LogP contribution in [0.25, 0.3) is 0 Å². The molecule has 3 nitrogen and oxygen atoms in total. The number of nitrogens with one attached hydrogen (secondary N) is 1.